The van der Waals surface area contributed by atoms with Crippen molar-refractivity contribution >= 4 is 16.5 Å². The minimum Gasteiger partial charge on any atom is -0.278 e. The van der Waals surface area contributed by atoms with Crippen LogP contribution in [0, 0.1) is 0 Å². The van der Waals surface area contributed by atoms with Crippen molar-refractivity contribution in [2.45, 2.75) is 13.3 Å². The highest BCUT2D eigenvalue weighted by Gasteiger charge is 2.05. The second-order valence-electron chi connectivity index (χ2n) is 3.19. The summed E-state index contributed by atoms with van der Waals surface area (Å²) in [6, 6.07) is 8.54. The number of rotatable bonds is 2. The Morgan fingerprint density at radius 3 is 2.50 bits per heavy atom. The lowest BCUT2D eigenvalue weighted by molar-refractivity contribution is -0.340. The van der Waals surface area contributed by atoms with Crippen LogP contribution in [-0.2, 0) is 6.42 Å². The molecule has 2 rings (SSSR count). The lowest BCUT2D eigenvalue weighted by Crippen LogP contribution is -2.06. The van der Waals surface area contributed by atoms with Crippen molar-refractivity contribution in [3.63, 3.8) is 0 Å². The van der Waals surface area contributed by atoms with E-state index in [1.807, 2.05) is 5.38 Å². The van der Waals surface area contributed by atoms with E-state index in [2.05, 4.69) is 36.2 Å². The Hall–Kier alpha value is -1.35. The molecule has 3 N–H and O–H groups in total. The number of hydrogen-bond acceptors (Lipinski definition) is 2. The maximum atomic E-state index is 5.63. The van der Waals surface area contributed by atoms with Crippen LogP contribution in [-0.4, -0.2) is 0 Å². The van der Waals surface area contributed by atoms with Crippen molar-refractivity contribution in [1.82, 2.24) is 0 Å². The Balaban J connectivity index is 2.33. The van der Waals surface area contributed by atoms with E-state index < -0.39 is 0 Å². The molecule has 1 heterocycles. The molecule has 0 bridgehead atoms. The molecule has 0 atom stereocenters. The minimum atomic E-state index is 0.750. The zero-order valence-electron chi connectivity index (χ0n) is 8.08. The summed E-state index contributed by atoms with van der Waals surface area (Å²) in [6.45, 7) is 2.16. The van der Waals surface area contributed by atoms with Gasteiger partial charge in [-0.3, -0.25) is 5.73 Å². The number of aromatic amines is 1. The third kappa shape index (κ3) is 1.77. The number of hydrogen-bond donors (Lipinski definition) is 1. The molecule has 0 aliphatic heterocycles. The molecule has 1 aromatic heterocycles. The predicted octanol–water partition coefficient (Wildman–Crippen LogP) is 2.37. The molecule has 1 aromatic carbocycles. The summed E-state index contributed by atoms with van der Waals surface area (Å²) in [4.78, 5) is 3.13. The number of nitrogen functional groups attached to an aromatic ring is 1. The largest absolute Gasteiger partial charge is 0.329 e. The second kappa shape index (κ2) is 3.80. The molecule has 0 spiro atoms. The average molecular weight is 205 g/mol. The third-order valence-electron chi connectivity index (χ3n) is 2.23. The molecule has 0 amide bonds. The van der Waals surface area contributed by atoms with E-state index in [4.69, 9.17) is 5.73 Å². The fourth-order valence-electron chi connectivity index (χ4n) is 1.37. The smallest absolute Gasteiger partial charge is 0.278 e. The Morgan fingerprint density at radius 1 is 1.29 bits per heavy atom. The van der Waals surface area contributed by atoms with E-state index in [1.54, 1.807) is 0 Å². The quantitative estimate of drug-likeness (QED) is 0.803. The SMILES string of the molecule is CCc1ccc(-c2csc(N)[nH+]2)cc1. The van der Waals surface area contributed by atoms with E-state index in [9.17, 15) is 0 Å². The number of benzene rings is 1. The highest BCUT2D eigenvalue weighted by Crippen LogP contribution is 2.19. The maximum Gasteiger partial charge on any atom is 0.329 e. The molecule has 0 aliphatic carbocycles. The summed E-state index contributed by atoms with van der Waals surface area (Å²) in [6.07, 6.45) is 1.08. The van der Waals surface area contributed by atoms with Crippen molar-refractivity contribution < 1.29 is 4.98 Å². The first-order valence-corrected chi connectivity index (χ1v) is 5.53. The van der Waals surface area contributed by atoms with E-state index in [0.717, 1.165) is 17.2 Å². The first-order chi connectivity index (χ1) is 6.79. The number of anilines is 1. The van der Waals surface area contributed by atoms with Gasteiger partial charge in [-0.15, -0.1) is 0 Å². The van der Waals surface area contributed by atoms with E-state index in [1.165, 1.54) is 22.5 Å². The topological polar surface area (TPSA) is 40.2 Å². The van der Waals surface area contributed by atoms with Gasteiger partial charge in [0, 0.05) is 10.9 Å². The van der Waals surface area contributed by atoms with Gasteiger partial charge in [0.25, 0.3) is 0 Å². The first kappa shape index (κ1) is 9.21. The van der Waals surface area contributed by atoms with Crippen molar-refractivity contribution in [3.05, 3.63) is 35.2 Å². The van der Waals surface area contributed by atoms with Gasteiger partial charge in [-0.2, -0.15) is 0 Å². The Labute approximate surface area is 87.4 Å². The number of H-pyrrole nitrogens is 1. The van der Waals surface area contributed by atoms with Crippen molar-refractivity contribution in [2.24, 2.45) is 0 Å². The van der Waals surface area contributed by atoms with Gasteiger partial charge >= 0.3 is 5.13 Å². The zero-order chi connectivity index (χ0) is 9.97. The highest BCUT2D eigenvalue weighted by atomic mass is 32.1. The summed E-state index contributed by atoms with van der Waals surface area (Å²) < 4.78 is 0. The fourth-order valence-corrected chi connectivity index (χ4v) is 1.98. The molecular formula is C11H13N2S+. The summed E-state index contributed by atoms with van der Waals surface area (Å²) in [7, 11) is 0. The molecule has 0 aliphatic rings. The van der Waals surface area contributed by atoms with Crippen LogP contribution >= 0.6 is 11.3 Å². The molecule has 0 saturated carbocycles. The van der Waals surface area contributed by atoms with Crippen molar-refractivity contribution in [2.75, 3.05) is 5.73 Å². The normalized spacial score (nSPS) is 10.4. The van der Waals surface area contributed by atoms with Crippen LogP contribution in [0.4, 0.5) is 5.13 Å². The monoisotopic (exact) mass is 205 g/mol. The molecule has 0 fully saturated rings. The lowest BCUT2D eigenvalue weighted by Gasteiger charge is -1.97. The van der Waals surface area contributed by atoms with Crippen LogP contribution in [0.3, 0.4) is 0 Å². The molecule has 72 valence electrons. The van der Waals surface area contributed by atoms with Gasteiger partial charge in [-0.25, -0.2) is 4.98 Å². The average Bonchev–Trinajstić information content (AvgIpc) is 2.65. The van der Waals surface area contributed by atoms with Gasteiger partial charge in [0.05, 0.1) is 0 Å². The van der Waals surface area contributed by atoms with Crippen LogP contribution < -0.4 is 10.7 Å². The molecular weight excluding hydrogens is 192 g/mol. The van der Waals surface area contributed by atoms with Crippen molar-refractivity contribution in [3.8, 4) is 11.3 Å². The Bertz CT molecular complexity index is 417. The zero-order valence-corrected chi connectivity index (χ0v) is 8.90. The van der Waals surface area contributed by atoms with Crippen LogP contribution in [0.15, 0.2) is 29.6 Å². The van der Waals surface area contributed by atoms with Gasteiger partial charge in [-0.05, 0) is 12.0 Å². The summed E-state index contributed by atoms with van der Waals surface area (Å²) in [5.74, 6) is 0. The van der Waals surface area contributed by atoms with Crippen LogP contribution in [0.2, 0.25) is 0 Å². The number of thiazole rings is 1. The highest BCUT2D eigenvalue weighted by molar-refractivity contribution is 7.13. The molecule has 2 nitrogen and oxygen atoms in total. The Kier molecular flexibility index (Phi) is 2.50. The summed E-state index contributed by atoms with van der Waals surface area (Å²) in [5.41, 5.74) is 9.28. The van der Waals surface area contributed by atoms with E-state index >= 15 is 0 Å². The summed E-state index contributed by atoms with van der Waals surface area (Å²) >= 11 is 1.53. The molecule has 3 heteroatoms. The molecule has 0 radical (unpaired) electrons. The fraction of sp³-hybridized carbons (Fsp3) is 0.182. The molecule has 0 unspecified atom stereocenters. The first-order valence-electron chi connectivity index (χ1n) is 4.65. The number of nitrogens with one attached hydrogen (secondary N) is 1. The minimum absolute atomic E-state index is 0.750. The summed E-state index contributed by atoms with van der Waals surface area (Å²) in [5, 5.41) is 2.79. The third-order valence-corrected chi connectivity index (χ3v) is 2.94. The van der Waals surface area contributed by atoms with Gasteiger partial charge in [0.2, 0.25) is 0 Å². The molecule has 2 aromatic rings. The predicted molar refractivity (Wildman–Crippen MR) is 60.1 cm³/mol. The Morgan fingerprint density at radius 2 is 2.00 bits per heavy atom. The lowest BCUT2D eigenvalue weighted by atomic mass is 10.1. The molecule has 0 saturated heterocycles. The van der Waals surface area contributed by atoms with Gasteiger partial charge in [-0.1, -0.05) is 42.5 Å². The van der Waals surface area contributed by atoms with Gasteiger partial charge < -0.3 is 0 Å². The van der Waals surface area contributed by atoms with Crippen LogP contribution in [0.5, 0.6) is 0 Å². The van der Waals surface area contributed by atoms with Crippen LogP contribution in [0.25, 0.3) is 11.3 Å². The van der Waals surface area contributed by atoms with E-state index in [-0.39, 0.29) is 0 Å². The molecule has 14 heavy (non-hydrogen) atoms. The maximum absolute atomic E-state index is 5.63. The number of aryl methyl sites for hydroxylation is 1. The van der Waals surface area contributed by atoms with Crippen LogP contribution in [0.1, 0.15) is 12.5 Å². The van der Waals surface area contributed by atoms with Gasteiger partial charge in [0.15, 0.2) is 0 Å². The second-order valence-corrected chi connectivity index (χ2v) is 4.10. The van der Waals surface area contributed by atoms with Gasteiger partial charge in [0.1, 0.15) is 5.69 Å². The number of nitrogens with two attached hydrogens (primary N) is 1. The van der Waals surface area contributed by atoms with E-state index in [0.29, 0.717) is 0 Å². The standard InChI is InChI=1S/C11H12N2S/c1-2-8-3-5-9(6-4-8)10-7-14-11(12)13-10/h3-7H,2H2,1H3,(H2,12,13)/p+1. The van der Waals surface area contributed by atoms with Crippen molar-refractivity contribution in [1.29, 1.82) is 0 Å². The number of aromatic nitrogens is 1.